The van der Waals surface area contributed by atoms with Crippen LogP contribution in [0.1, 0.15) is 16.8 Å². The number of amides is 2. The standard InChI is InChI=1S/C19H19ClN4O2S/c1-24(2)14-6-4-13(5-7-14)22-17(25)9-10-21-18(26)12-3-8-15-16(11-12)27-19(20)23-15/h3-8,11H,9-10H2,1-2H3,(H,21,26)(H,22,25). The normalized spacial score (nSPS) is 10.6. The third-order valence-corrected chi connectivity index (χ3v) is 5.05. The van der Waals surface area contributed by atoms with Gasteiger partial charge in [0.1, 0.15) is 0 Å². The molecular weight excluding hydrogens is 384 g/mol. The molecule has 0 unspecified atom stereocenters. The van der Waals surface area contributed by atoms with Gasteiger partial charge in [-0.15, -0.1) is 11.3 Å². The van der Waals surface area contributed by atoms with E-state index in [1.54, 1.807) is 18.2 Å². The fraction of sp³-hybridized carbons (Fsp3) is 0.211. The first-order valence-electron chi connectivity index (χ1n) is 8.34. The van der Waals surface area contributed by atoms with Crippen LogP contribution in [0, 0.1) is 0 Å². The molecule has 0 atom stereocenters. The Bertz CT molecular complexity index is 970. The van der Waals surface area contributed by atoms with Crippen molar-refractivity contribution in [2.45, 2.75) is 6.42 Å². The van der Waals surface area contributed by atoms with Crippen LogP contribution < -0.4 is 15.5 Å². The maximum Gasteiger partial charge on any atom is 0.251 e. The molecule has 0 saturated carbocycles. The van der Waals surface area contributed by atoms with Crippen LogP contribution in [0.4, 0.5) is 11.4 Å². The number of rotatable bonds is 6. The average molecular weight is 403 g/mol. The summed E-state index contributed by atoms with van der Waals surface area (Å²) in [7, 11) is 3.91. The van der Waals surface area contributed by atoms with Gasteiger partial charge in [0.2, 0.25) is 5.91 Å². The summed E-state index contributed by atoms with van der Waals surface area (Å²) in [4.78, 5) is 30.4. The minimum Gasteiger partial charge on any atom is -0.378 e. The Hall–Kier alpha value is -2.64. The highest BCUT2D eigenvalue weighted by Gasteiger charge is 2.10. The number of hydrogen-bond acceptors (Lipinski definition) is 5. The third kappa shape index (κ3) is 4.96. The first-order valence-corrected chi connectivity index (χ1v) is 9.53. The van der Waals surface area contributed by atoms with Gasteiger partial charge in [-0.2, -0.15) is 0 Å². The van der Waals surface area contributed by atoms with E-state index in [2.05, 4.69) is 15.6 Å². The molecule has 0 fully saturated rings. The smallest absolute Gasteiger partial charge is 0.251 e. The first-order chi connectivity index (χ1) is 12.9. The van der Waals surface area contributed by atoms with Crippen LogP contribution in [0.15, 0.2) is 42.5 Å². The molecule has 0 bridgehead atoms. The lowest BCUT2D eigenvalue weighted by Crippen LogP contribution is -2.27. The van der Waals surface area contributed by atoms with Crippen LogP contribution in [-0.2, 0) is 4.79 Å². The van der Waals surface area contributed by atoms with Crippen LogP contribution in [0.3, 0.4) is 0 Å². The fourth-order valence-electron chi connectivity index (χ4n) is 2.50. The molecule has 0 aliphatic carbocycles. The molecule has 6 nitrogen and oxygen atoms in total. The minimum atomic E-state index is -0.232. The quantitative estimate of drug-likeness (QED) is 0.658. The number of fused-ring (bicyclic) bond motifs is 1. The zero-order chi connectivity index (χ0) is 19.4. The van der Waals surface area contributed by atoms with Gasteiger partial charge in [0, 0.05) is 44.0 Å². The number of carbonyl (C=O) groups excluding carboxylic acids is 2. The van der Waals surface area contributed by atoms with E-state index < -0.39 is 0 Å². The fourth-order valence-corrected chi connectivity index (χ4v) is 3.57. The zero-order valence-electron chi connectivity index (χ0n) is 15.0. The maximum absolute atomic E-state index is 12.2. The van der Waals surface area contributed by atoms with Gasteiger partial charge >= 0.3 is 0 Å². The number of nitrogens with one attached hydrogen (secondary N) is 2. The van der Waals surface area contributed by atoms with Crippen molar-refractivity contribution in [1.82, 2.24) is 10.3 Å². The number of aromatic nitrogens is 1. The summed E-state index contributed by atoms with van der Waals surface area (Å²) in [5, 5.41) is 5.57. The van der Waals surface area contributed by atoms with Crippen molar-refractivity contribution in [3.8, 4) is 0 Å². The van der Waals surface area contributed by atoms with E-state index in [-0.39, 0.29) is 24.8 Å². The highest BCUT2D eigenvalue weighted by molar-refractivity contribution is 7.22. The van der Waals surface area contributed by atoms with E-state index in [0.717, 1.165) is 21.6 Å². The van der Waals surface area contributed by atoms with E-state index in [1.807, 2.05) is 43.3 Å². The molecule has 8 heteroatoms. The molecule has 3 rings (SSSR count). The number of benzene rings is 2. The number of nitrogens with zero attached hydrogens (tertiary/aromatic N) is 2. The van der Waals surface area contributed by atoms with Crippen LogP contribution >= 0.6 is 22.9 Å². The van der Waals surface area contributed by atoms with Gasteiger partial charge in [-0.1, -0.05) is 11.6 Å². The molecule has 1 heterocycles. The van der Waals surface area contributed by atoms with Crippen molar-refractivity contribution in [1.29, 1.82) is 0 Å². The third-order valence-electron chi connectivity index (χ3n) is 3.93. The van der Waals surface area contributed by atoms with Crippen molar-refractivity contribution in [2.75, 3.05) is 30.9 Å². The van der Waals surface area contributed by atoms with E-state index in [0.29, 0.717) is 10.0 Å². The zero-order valence-corrected chi connectivity index (χ0v) is 16.5. The van der Waals surface area contributed by atoms with Crippen molar-refractivity contribution >= 4 is 56.3 Å². The Balaban J connectivity index is 1.49. The van der Waals surface area contributed by atoms with Gasteiger partial charge in [0.15, 0.2) is 4.47 Å². The van der Waals surface area contributed by atoms with Gasteiger partial charge < -0.3 is 15.5 Å². The van der Waals surface area contributed by atoms with Crippen LogP contribution in [-0.4, -0.2) is 37.4 Å². The van der Waals surface area contributed by atoms with Crippen molar-refractivity contribution in [2.24, 2.45) is 0 Å². The van der Waals surface area contributed by atoms with Crippen molar-refractivity contribution in [3.63, 3.8) is 0 Å². The number of carbonyl (C=O) groups is 2. The molecule has 2 amide bonds. The second-order valence-electron chi connectivity index (χ2n) is 6.14. The molecule has 0 aliphatic rings. The monoisotopic (exact) mass is 402 g/mol. The molecule has 3 aromatic rings. The number of hydrogen-bond donors (Lipinski definition) is 2. The maximum atomic E-state index is 12.2. The summed E-state index contributed by atoms with van der Waals surface area (Å²) in [5.41, 5.74) is 3.06. The van der Waals surface area contributed by atoms with E-state index in [9.17, 15) is 9.59 Å². The second kappa shape index (κ2) is 8.37. The van der Waals surface area contributed by atoms with Crippen molar-refractivity contribution in [3.05, 3.63) is 52.5 Å². The molecule has 2 N–H and O–H groups in total. The van der Waals surface area contributed by atoms with E-state index >= 15 is 0 Å². The predicted molar refractivity (Wildman–Crippen MR) is 111 cm³/mol. The minimum absolute atomic E-state index is 0.155. The molecule has 140 valence electrons. The summed E-state index contributed by atoms with van der Waals surface area (Å²) in [6, 6.07) is 12.8. The summed E-state index contributed by atoms with van der Waals surface area (Å²) in [6.07, 6.45) is 0.190. The highest BCUT2D eigenvalue weighted by Crippen LogP contribution is 2.26. The highest BCUT2D eigenvalue weighted by atomic mass is 35.5. The summed E-state index contributed by atoms with van der Waals surface area (Å²) in [6.45, 7) is 0.252. The summed E-state index contributed by atoms with van der Waals surface area (Å²) in [5.74, 6) is -0.387. The van der Waals surface area contributed by atoms with E-state index in [1.165, 1.54) is 11.3 Å². The lowest BCUT2D eigenvalue weighted by Gasteiger charge is -2.13. The molecule has 0 spiro atoms. The Morgan fingerprint density at radius 2 is 1.89 bits per heavy atom. The summed E-state index contributed by atoms with van der Waals surface area (Å²) < 4.78 is 1.30. The lowest BCUT2D eigenvalue weighted by atomic mass is 10.2. The Morgan fingerprint density at radius 1 is 1.15 bits per heavy atom. The molecule has 0 saturated heterocycles. The van der Waals surface area contributed by atoms with Gasteiger partial charge in [0.05, 0.1) is 10.2 Å². The van der Waals surface area contributed by atoms with E-state index in [4.69, 9.17) is 11.6 Å². The van der Waals surface area contributed by atoms with Crippen molar-refractivity contribution < 1.29 is 9.59 Å². The molecular formula is C19H19ClN4O2S. The van der Waals surface area contributed by atoms with Crippen LogP contribution in [0.2, 0.25) is 4.47 Å². The SMILES string of the molecule is CN(C)c1ccc(NC(=O)CCNC(=O)c2ccc3nc(Cl)sc3c2)cc1. The van der Waals surface area contributed by atoms with Gasteiger partial charge in [0.25, 0.3) is 5.91 Å². The largest absolute Gasteiger partial charge is 0.378 e. The number of halogens is 1. The van der Waals surface area contributed by atoms with Gasteiger partial charge in [-0.05, 0) is 42.5 Å². The van der Waals surface area contributed by atoms with Crippen LogP contribution in [0.25, 0.3) is 10.2 Å². The summed E-state index contributed by atoms with van der Waals surface area (Å²) >= 11 is 7.21. The Kier molecular flexibility index (Phi) is 5.93. The molecule has 2 aromatic carbocycles. The Labute approximate surface area is 166 Å². The van der Waals surface area contributed by atoms with Crippen LogP contribution in [0.5, 0.6) is 0 Å². The molecule has 1 aromatic heterocycles. The predicted octanol–water partition coefficient (Wildman–Crippen LogP) is 3.77. The van der Waals surface area contributed by atoms with Gasteiger partial charge in [-0.25, -0.2) is 4.98 Å². The lowest BCUT2D eigenvalue weighted by molar-refractivity contribution is -0.116. The average Bonchev–Trinajstić information content (AvgIpc) is 3.01. The topological polar surface area (TPSA) is 74.3 Å². The Morgan fingerprint density at radius 3 is 2.59 bits per heavy atom. The number of thiazole rings is 1. The molecule has 0 aliphatic heterocycles. The first kappa shape index (κ1) is 19.1. The number of anilines is 2. The molecule has 27 heavy (non-hydrogen) atoms. The second-order valence-corrected chi connectivity index (χ2v) is 7.76. The van der Waals surface area contributed by atoms with Gasteiger partial charge in [-0.3, -0.25) is 9.59 Å². The molecule has 0 radical (unpaired) electrons.